The molecule has 108 valence electrons. The van der Waals surface area contributed by atoms with Gasteiger partial charge < -0.3 is 4.98 Å². The van der Waals surface area contributed by atoms with Gasteiger partial charge in [-0.15, -0.1) is 0 Å². The first-order valence-electron chi connectivity index (χ1n) is 6.96. The molecule has 1 aromatic heterocycles. The van der Waals surface area contributed by atoms with Crippen molar-refractivity contribution < 1.29 is 8.42 Å². The second-order valence-electron chi connectivity index (χ2n) is 5.21. The maximum Gasteiger partial charge on any atom is 0.208 e. The molecule has 0 bridgehead atoms. The quantitative estimate of drug-likeness (QED) is 0.604. The van der Waals surface area contributed by atoms with Crippen molar-refractivity contribution in [2.24, 2.45) is 0 Å². The summed E-state index contributed by atoms with van der Waals surface area (Å²) in [6.07, 6.45) is 1.56. The summed E-state index contributed by atoms with van der Waals surface area (Å²) in [4.78, 5) is 3.66. The fraction of sp³-hybridized carbons (Fsp3) is 0. The van der Waals surface area contributed by atoms with Crippen LogP contribution in [0.15, 0.2) is 82.7 Å². The van der Waals surface area contributed by atoms with E-state index in [-0.39, 0.29) is 0 Å². The van der Waals surface area contributed by atoms with Crippen molar-refractivity contribution in [2.45, 2.75) is 9.79 Å². The average Bonchev–Trinajstić information content (AvgIpc) is 2.99. The van der Waals surface area contributed by atoms with Gasteiger partial charge in [0, 0.05) is 17.1 Å². The molecule has 1 heterocycles. The molecule has 0 radical (unpaired) electrons. The Morgan fingerprint density at radius 3 is 2.36 bits per heavy atom. The first kappa shape index (κ1) is 13.1. The van der Waals surface area contributed by atoms with Crippen LogP contribution in [0.1, 0.15) is 0 Å². The van der Waals surface area contributed by atoms with Gasteiger partial charge in [0.15, 0.2) is 0 Å². The minimum atomic E-state index is -3.54. The van der Waals surface area contributed by atoms with Gasteiger partial charge >= 0.3 is 0 Å². The van der Waals surface area contributed by atoms with Crippen LogP contribution in [-0.4, -0.2) is 13.4 Å². The molecule has 0 atom stereocenters. The summed E-state index contributed by atoms with van der Waals surface area (Å²) in [5.41, 5.74) is 0.821. The van der Waals surface area contributed by atoms with Gasteiger partial charge in [0.2, 0.25) is 9.84 Å². The number of para-hydroxylation sites is 1. The fourth-order valence-electron chi connectivity index (χ4n) is 2.73. The first-order chi connectivity index (χ1) is 10.7. The molecule has 3 nitrogen and oxygen atoms in total. The highest BCUT2D eigenvalue weighted by Gasteiger charge is 2.21. The largest absolute Gasteiger partial charge is 0.360 e. The van der Waals surface area contributed by atoms with Gasteiger partial charge in [0.25, 0.3) is 0 Å². The van der Waals surface area contributed by atoms with Crippen LogP contribution in [0.25, 0.3) is 21.7 Å². The smallest absolute Gasteiger partial charge is 0.208 e. The van der Waals surface area contributed by atoms with Crippen molar-refractivity contribution in [2.75, 3.05) is 0 Å². The van der Waals surface area contributed by atoms with Crippen molar-refractivity contribution in [1.29, 1.82) is 0 Å². The van der Waals surface area contributed by atoms with Crippen LogP contribution >= 0.6 is 0 Å². The Balaban J connectivity index is 1.95. The predicted octanol–water partition coefficient (Wildman–Crippen LogP) is 4.15. The Labute approximate surface area is 128 Å². The van der Waals surface area contributed by atoms with Gasteiger partial charge in [0.05, 0.1) is 9.79 Å². The molecule has 0 aliphatic heterocycles. The molecule has 0 amide bonds. The van der Waals surface area contributed by atoms with Crippen LogP contribution in [0.4, 0.5) is 0 Å². The summed E-state index contributed by atoms with van der Waals surface area (Å²) in [5, 5.41) is 2.67. The topological polar surface area (TPSA) is 49.9 Å². The Morgan fingerprint density at radius 1 is 0.773 bits per heavy atom. The molecule has 4 aromatic rings. The van der Waals surface area contributed by atoms with E-state index < -0.39 is 9.84 Å². The third kappa shape index (κ3) is 1.92. The number of nitrogens with one attached hydrogen (secondary N) is 1. The molecule has 3 aromatic carbocycles. The zero-order chi connectivity index (χ0) is 15.2. The van der Waals surface area contributed by atoms with Crippen LogP contribution in [0.2, 0.25) is 0 Å². The Hall–Kier alpha value is -2.59. The number of H-pyrrole nitrogens is 1. The molecule has 4 heteroatoms. The summed E-state index contributed by atoms with van der Waals surface area (Å²) in [6.45, 7) is 0. The van der Waals surface area contributed by atoms with Gasteiger partial charge in [-0.1, -0.05) is 48.5 Å². The van der Waals surface area contributed by atoms with Crippen molar-refractivity contribution in [1.82, 2.24) is 4.98 Å². The van der Waals surface area contributed by atoms with E-state index in [1.807, 2.05) is 54.6 Å². The van der Waals surface area contributed by atoms with Gasteiger partial charge in [-0.05, 0) is 29.0 Å². The lowest BCUT2D eigenvalue weighted by Crippen LogP contribution is -2.01. The normalized spacial score (nSPS) is 12.0. The highest BCUT2D eigenvalue weighted by molar-refractivity contribution is 7.91. The first-order valence-corrected chi connectivity index (χ1v) is 8.44. The maximum absolute atomic E-state index is 12.9. The van der Waals surface area contributed by atoms with Crippen molar-refractivity contribution in [3.8, 4) is 0 Å². The molecular formula is C18H13NO2S. The van der Waals surface area contributed by atoms with Gasteiger partial charge in [0.1, 0.15) is 0 Å². The number of sulfone groups is 1. The van der Waals surface area contributed by atoms with Crippen molar-refractivity contribution in [3.05, 3.63) is 72.9 Å². The molecule has 0 aliphatic rings. The van der Waals surface area contributed by atoms with E-state index >= 15 is 0 Å². The van der Waals surface area contributed by atoms with E-state index in [0.717, 1.165) is 21.7 Å². The average molecular weight is 307 g/mol. The second kappa shape index (κ2) is 4.71. The number of hydrogen-bond acceptors (Lipinski definition) is 2. The molecule has 4 rings (SSSR count). The molecule has 0 unspecified atom stereocenters. The minimum absolute atomic E-state index is 0.316. The lowest BCUT2D eigenvalue weighted by atomic mass is 10.1. The molecule has 0 saturated carbocycles. The van der Waals surface area contributed by atoms with Gasteiger partial charge in [-0.3, -0.25) is 0 Å². The van der Waals surface area contributed by atoms with Crippen molar-refractivity contribution in [3.63, 3.8) is 0 Å². The Morgan fingerprint density at radius 2 is 1.50 bits per heavy atom. The number of aromatic nitrogens is 1. The Kier molecular flexibility index (Phi) is 2.81. The van der Waals surface area contributed by atoms with Crippen LogP contribution in [0.3, 0.4) is 0 Å². The summed E-state index contributed by atoms with van der Waals surface area (Å²) in [5.74, 6) is 0. The zero-order valence-electron chi connectivity index (χ0n) is 11.7. The van der Waals surface area contributed by atoms with E-state index in [4.69, 9.17) is 0 Å². The van der Waals surface area contributed by atoms with E-state index in [0.29, 0.717) is 9.79 Å². The Bertz CT molecular complexity index is 1090. The monoisotopic (exact) mass is 307 g/mol. The minimum Gasteiger partial charge on any atom is -0.360 e. The number of rotatable bonds is 2. The SMILES string of the molecule is O=S(=O)(c1ccc2ccccc2c1)c1c[nH]c2ccccc12. The molecule has 0 saturated heterocycles. The highest BCUT2D eigenvalue weighted by atomic mass is 32.2. The van der Waals surface area contributed by atoms with E-state index in [9.17, 15) is 8.42 Å². The molecule has 1 N–H and O–H groups in total. The summed E-state index contributed by atoms with van der Waals surface area (Å²) in [7, 11) is -3.54. The standard InChI is InChI=1S/C18H13NO2S/c20-22(21,18-12-19-17-8-4-3-7-16(17)18)15-10-9-13-5-1-2-6-14(13)11-15/h1-12,19H. The van der Waals surface area contributed by atoms with E-state index in [1.165, 1.54) is 0 Å². The lowest BCUT2D eigenvalue weighted by molar-refractivity contribution is 0.597. The van der Waals surface area contributed by atoms with Gasteiger partial charge in [-0.25, -0.2) is 8.42 Å². The second-order valence-corrected chi connectivity index (χ2v) is 7.13. The fourth-order valence-corrected chi connectivity index (χ4v) is 4.19. The van der Waals surface area contributed by atoms with Crippen LogP contribution in [0, 0.1) is 0 Å². The van der Waals surface area contributed by atoms with Crippen LogP contribution in [-0.2, 0) is 9.84 Å². The molecule has 0 spiro atoms. The maximum atomic E-state index is 12.9. The molecule has 22 heavy (non-hydrogen) atoms. The highest BCUT2D eigenvalue weighted by Crippen LogP contribution is 2.29. The third-order valence-corrected chi connectivity index (χ3v) is 5.66. The molecular weight excluding hydrogens is 294 g/mol. The van der Waals surface area contributed by atoms with Gasteiger partial charge in [-0.2, -0.15) is 0 Å². The lowest BCUT2D eigenvalue weighted by Gasteiger charge is -2.05. The molecule has 0 aliphatic carbocycles. The summed E-state index contributed by atoms with van der Waals surface area (Å²) in [6, 6.07) is 20.4. The molecule has 0 fully saturated rings. The number of hydrogen-bond donors (Lipinski definition) is 1. The van der Waals surface area contributed by atoms with E-state index in [1.54, 1.807) is 18.3 Å². The van der Waals surface area contributed by atoms with Crippen LogP contribution in [0.5, 0.6) is 0 Å². The van der Waals surface area contributed by atoms with Crippen molar-refractivity contribution >= 4 is 31.5 Å². The number of fused-ring (bicyclic) bond motifs is 2. The van der Waals surface area contributed by atoms with Crippen LogP contribution < -0.4 is 0 Å². The number of benzene rings is 3. The van der Waals surface area contributed by atoms with E-state index in [2.05, 4.69) is 4.98 Å². The zero-order valence-corrected chi connectivity index (χ0v) is 12.5. The predicted molar refractivity (Wildman–Crippen MR) is 87.7 cm³/mol. The summed E-state index contributed by atoms with van der Waals surface area (Å²) < 4.78 is 25.9. The number of aromatic amines is 1. The third-order valence-electron chi connectivity index (χ3n) is 3.87. The summed E-state index contributed by atoms with van der Waals surface area (Å²) >= 11 is 0.